The van der Waals surface area contributed by atoms with Crippen LogP contribution in [0.1, 0.15) is 36.6 Å². The lowest BCUT2D eigenvalue weighted by Crippen LogP contribution is -2.18. The van der Waals surface area contributed by atoms with Crippen LogP contribution in [0.5, 0.6) is 5.75 Å². The summed E-state index contributed by atoms with van der Waals surface area (Å²) < 4.78 is 0. The van der Waals surface area contributed by atoms with E-state index in [1.165, 1.54) is 37.8 Å². The van der Waals surface area contributed by atoms with Gasteiger partial charge in [-0.25, -0.2) is 0 Å². The summed E-state index contributed by atoms with van der Waals surface area (Å²) in [6.45, 7) is 0. The summed E-state index contributed by atoms with van der Waals surface area (Å²) in [5.41, 5.74) is 0.626. The molecule has 0 saturated carbocycles. The summed E-state index contributed by atoms with van der Waals surface area (Å²) in [5, 5.41) is 24.0. The Morgan fingerprint density at radius 2 is 2.00 bits per heavy atom. The van der Waals surface area contributed by atoms with Gasteiger partial charge < -0.3 is 5.11 Å². The highest BCUT2D eigenvalue weighted by atomic mass is 32.2. The first kappa shape index (κ1) is 16.5. The van der Waals surface area contributed by atoms with Gasteiger partial charge in [0, 0.05) is 11.9 Å². The van der Waals surface area contributed by atoms with Crippen molar-refractivity contribution in [2.24, 2.45) is 0 Å². The summed E-state index contributed by atoms with van der Waals surface area (Å²) in [6, 6.07) is 4.65. The summed E-state index contributed by atoms with van der Waals surface area (Å²) in [4.78, 5) is 10.4. The molecule has 1 atom stereocenters. The van der Waals surface area contributed by atoms with Crippen molar-refractivity contribution in [3.63, 3.8) is 0 Å². The van der Waals surface area contributed by atoms with Gasteiger partial charge >= 0.3 is 5.69 Å². The molecule has 2 rings (SSSR count). The molecule has 0 amide bonds. The molecule has 1 aromatic rings. The van der Waals surface area contributed by atoms with Gasteiger partial charge in [0.05, 0.1) is 10.3 Å². The second-order valence-corrected chi connectivity index (χ2v) is 7.25. The summed E-state index contributed by atoms with van der Waals surface area (Å²) in [7, 11) is 0. The van der Waals surface area contributed by atoms with Gasteiger partial charge in [0.2, 0.25) is 0 Å². The van der Waals surface area contributed by atoms with Crippen molar-refractivity contribution >= 4 is 29.2 Å². The maximum absolute atomic E-state index is 10.9. The minimum Gasteiger partial charge on any atom is -0.502 e. The number of nitrogens with zero attached hydrogens (tertiary/aromatic N) is 1. The van der Waals surface area contributed by atoms with E-state index >= 15 is 0 Å². The maximum Gasteiger partial charge on any atom is 0.311 e. The summed E-state index contributed by atoms with van der Waals surface area (Å²) in [6.07, 6.45) is 4.96. The summed E-state index contributed by atoms with van der Waals surface area (Å²) in [5.74, 6) is 2.75. The van der Waals surface area contributed by atoms with Crippen molar-refractivity contribution in [1.82, 2.24) is 5.32 Å². The zero-order chi connectivity index (χ0) is 15.1. The van der Waals surface area contributed by atoms with Crippen molar-refractivity contribution in [2.45, 2.75) is 31.1 Å². The zero-order valence-corrected chi connectivity index (χ0v) is 13.4. The Bertz CT molecular complexity index is 473. The van der Waals surface area contributed by atoms with Crippen LogP contribution in [0.3, 0.4) is 0 Å². The van der Waals surface area contributed by atoms with Crippen molar-refractivity contribution < 1.29 is 10.0 Å². The molecule has 1 aromatic carbocycles. The number of thioether (sulfide) groups is 2. The van der Waals surface area contributed by atoms with Crippen LogP contribution in [0, 0.1) is 10.1 Å². The van der Waals surface area contributed by atoms with Crippen LogP contribution in [0.15, 0.2) is 18.2 Å². The van der Waals surface area contributed by atoms with Gasteiger partial charge in [-0.2, -0.15) is 0 Å². The molecule has 0 aliphatic carbocycles. The van der Waals surface area contributed by atoms with Crippen molar-refractivity contribution in [3.8, 4) is 5.75 Å². The van der Waals surface area contributed by atoms with E-state index in [1.54, 1.807) is 17.8 Å². The lowest BCUT2D eigenvalue weighted by Gasteiger charge is -2.18. The van der Waals surface area contributed by atoms with Crippen molar-refractivity contribution in [2.75, 3.05) is 17.4 Å². The van der Waals surface area contributed by atoms with E-state index in [0.29, 0.717) is 0 Å². The average molecular weight is 328 g/mol. The van der Waals surface area contributed by atoms with Crippen LogP contribution in [0.2, 0.25) is 0 Å². The van der Waals surface area contributed by atoms with Gasteiger partial charge in [0.1, 0.15) is 0 Å². The molecule has 0 bridgehead atoms. The third-order valence-corrected chi connectivity index (χ3v) is 5.58. The van der Waals surface area contributed by atoms with Crippen LogP contribution in [-0.2, 0) is 0 Å². The molecule has 0 radical (unpaired) electrons. The Balaban J connectivity index is 2.12. The molecule has 1 heterocycles. The fraction of sp³-hybridized carbons (Fsp3) is 0.571. The molecule has 1 fully saturated rings. The largest absolute Gasteiger partial charge is 0.502 e. The molecule has 5 nitrogen and oxygen atoms in total. The number of aromatic hydroxyl groups is 1. The highest BCUT2D eigenvalue weighted by Gasteiger charge is 2.19. The average Bonchev–Trinajstić information content (AvgIpc) is 2.53. The summed E-state index contributed by atoms with van der Waals surface area (Å²) >= 11 is 3.65. The smallest absolute Gasteiger partial charge is 0.311 e. The molecule has 1 aliphatic rings. The number of nitrogens with one attached hydrogen (secondary N) is 1. The maximum atomic E-state index is 10.9. The Hall–Kier alpha value is -0.920. The molecular weight excluding hydrogens is 308 g/mol. The molecule has 0 spiro atoms. The van der Waals surface area contributed by atoms with Crippen LogP contribution in [0.4, 0.5) is 5.69 Å². The number of phenols is 1. The van der Waals surface area contributed by atoms with E-state index in [4.69, 9.17) is 0 Å². The van der Waals surface area contributed by atoms with Crippen LogP contribution >= 0.6 is 23.5 Å². The predicted molar refractivity (Wildman–Crippen MR) is 88.9 cm³/mol. The number of phenolic OH excluding ortho intramolecular Hbond substituents is 1. The first-order valence-corrected chi connectivity index (χ1v) is 9.29. The Morgan fingerprint density at radius 1 is 1.24 bits per heavy atom. The lowest BCUT2D eigenvalue weighted by molar-refractivity contribution is -0.385. The standard InChI is InChI=1S/C14H20N2O3S2/c17-13-6-5-11(9-12(13)16(18)19)14-15-10-20-7-3-1-2-4-8-21-14/h5-6,9,14-15,17H,1-4,7-8,10H2. The van der Waals surface area contributed by atoms with Crippen LogP contribution < -0.4 is 5.32 Å². The minimum absolute atomic E-state index is 0.0369. The predicted octanol–water partition coefficient (Wildman–Crippen LogP) is 3.89. The Labute approximate surface area is 133 Å². The number of rotatable bonds is 2. The van der Waals surface area contributed by atoms with Gasteiger partial charge in [-0.3, -0.25) is 15.4 Å². The van der Waals surface area contributed by atoms with Crippen LogP contribution in [0.25, 0.3) is 0 Å². The molecular formula is C14H20N2O3S2. The topological polar surface area (TPSA) is 75.4 Å². The number of hydrogen-bond donors (Lipinski definition) is 2. The first-order valence-electron chi connectivity index (χ1n) is 7.08. The lowest BCUT2D eigenvalue weighted by atomic mass is 10.2. The second kappa shape index (κ2) is 8.51. The van der Waals surface area contributed by atoms with Crippen molar-refractivity contribution in [3.05, 3.63) is 33.9 Å². The number of nitro benzene ring substituents is 1. The molecule has 1 aliphatic heterocycles. The first-order chi connectivity index (χ1) is 10.2. The SMILES string of the molecule is O=[N+]([O-])c1cc(C2NCSCCCCCCS2)ccc1O. The third-order valence-electron chi connectivity index (χ3n) is 3.34. The van der Waals surface area contributed by atoms with E-state index in [2.05, 4.69) is 5.32 Å². The fourth-order valence-electron chi connectivity index (χ4n) is 2.19. The molecule has 1 unspecified atom stereocenters. The number of nitro groups is 1. The van der Waals surface area contributed by atoms with E-state index in [1.807, 2.05) is 11.8 Å². The van der Waals surface area contributed by atoms with E-state index in [-0.39, 0.29) is 16.8 Å². The van der Waals surface area contributed by atoms with Gasteiger partial charge in [-0.1, -0.05) is 18.9 Å². The Kier molecular flexibility index (Phi) is 6.66. The quantitative estimate of drug-likeness (QED) is 0.634. The zero-order valence-electron chi connectivity index (χ0n) is 11.8. The molecule has 116 valence electrons. The van der Waals surface area contributed by atoms with Crippen LogP contribution in [-0.4, -0.2) is 27.4 Å². The van der Waals surface area contributed by atoms with E-state index in [9.17, 15) is 15.2 Å². The molecule has 0 aromatic heterocycles. The molecule has 7 heteroatoms. The van der Waals surface area contributed by atoms with Crippen molar-refractivity contribution in [1.29, 1.82) is 0 Å². The fourth-order valence-corrected chi connectivity index (χ4v) is 4.28. The number of hydrogen-bond acceptors (Lipinski definition) is 6. The second-order valence-electron chi connectivity index (χ2n) is 4.93. The van der Waals surface area contributed by atoms with Gasteiger partial charge in [-0.15, -0.1) is 23.5 Å². The van der Waals surface area contributed by atoms with Gasteiger partial charge in [0.25, 0.3) is 0 Å². The number of benzene rings is 1. The van der Waals surface area contributed by atoms with Gasteiger partial charge in [0.15, 0.2) is 5.75 Å². The Morgan fingerprint density at radius 3 is 2.76 bits per heavy atom. The van der Waals surface area contributed by atoms with Gasteiger partial charge in [-0.05, 0) is 36.0 Å². The molecule has 2 N–H and O–H groups in total. The highest BCUT2D eigenvalue weighted by molar-refractivity contribution is 8.00. The molecule has 1 saturated heterocycles. The minimum atomic E-state index is -0.538. The normalized spacial score (nSPS) is 21.4. The monoisotopic (exact) mass is 328 g/mol. The highest BCUT2D eigenvalue weighted by Crippen LogP contribution is 2.34. The third kappa shape index (κ3) is 5.09. The van der Waals surface area contributed by atoms with E-state index < -0.39 is 4.92 Å². The van der Waals surface area contributed by atoms with E-state index in [0.717, 1.165) is 22.9 Å². The molecule has 21 heavy (non-hydrogen) atoms.